The Labute approximate surface area is 243 Å². The first-order valence-electron chi connectivity index (χ1n) is 9.91. The first-order valence-corrected chi connectivity index (χ1v) is 15.0. The van der Waals surface area contributed by atoms with Gasteiger partial charge in [-0.3, -0.25) is 0 Å². The monoisotopic (exact) mass is 722 g/mol. The molecule has 0 bridgehead atoms. The Morgan fingerprint density at radius 1 is 0.743 bits per heavy atom. The number of alkyl halides is 2. The van der Waals surface area contributed by atoms with Gasteiger partial charge in [0.05, 0.1) is 13.2 Å². The zero-order valence-corrected chi connectivity index (χ0v) is 24.5. The van der Waals surface area contributed by atoms with E-state index in [1.165, 1.54) is 42.1 Å². The highest BCUT2D eigenvalue weighted by Gasteiger charge is 1.94. The third kappa shape index (κ3) is 22.5. The second-order valence-corrected chi connectivity index (χ2v) is 10.6. The van der Waals surface area contributed by atoms with Crippen LogP contribution in [-0.4, -0.2) is 44.7 Å². The van der Waals surface area contributed by atoms with E-state index in [1.54, 1.807) is 42.1 Å². The van der Waals surface area contributed by atoms with Gasteiger partial charge in [-0.25, -0.2) is 13.2 Å². The number of hydrogen-bond acceptors (Lipinski definition) is 5. The summed E-state index contributed by atoms with van der Waals surface area (Å²) in [5.41, 5.74) is 0. The van der Waals surface area contributed by atoms with Crippen molar-refractivity contribution < 1.29 is 23.4 Å². The standard InChI is InChI=1S/C8H8FIS.C8H9FOS.C6H5FS.C2H5BrO.CH4/c2*9-7-2-1-3-8(6-7)11-5-4-10;7-5-2-1-3-6(8)4-5;3-1-2-4;/h1-3,6H,4-5H2;1-3,6,10H,4-5H2;1-4,8H;4H,1-2H2;1H4. The van der Waals surface area contributed by atoms with Crippen LogP contribution >= 0.6 is 74.7 Å². The molecule has 0 atom stereocenters. The Balaban J connectivity index is 0. The maximum absolute atomic E-state index is 12.6. The van der Waals surface area contributed by atoms with Crippen molar-refractivity contribution in [3.8, 4) is 0 Å². The first-order chi connectivity index (χ1) is 16.4. The van der Waals surface area contributed by atoms with Crippen LogP contribution in [0.3, 0.4) is 0 Å². The van der Waals surface area contributed by atoms with Crippen molar-refractivity contribution in [1.82, 2.24) is 0 Å². The fourth-order valence-corrected chi connectivity index (χ4v) is 4.16. The van der Waals surface area contributed by atoms with Crippen LogP contribution in [0.4, 0.5) is 13.2 Å². The van der Waals surface area contributed by atoms with Crippen molar-refractivity contribution in [2.75, 3.05) is 34.5 Å². The van der Waals surface area contributed by atoms with Crippen molar-refractivity contribution in [2.24, 2.45) is 0 Å². The number of aliphatic hydroxyl groups excluding tert-OH is 2. The van der Waals surface area contributed by atoms with Gasteiger partial charge in [-0.05, 0) is 54.6 Å². The van der Waals surface area contributed by atoms with Crippen LogP contribution in [0.25, 0.3) is 0 Å². The third-order valence-corrected chi connectivity index (χ3v) is 7.06. The summed E-state index contributed by atoms with van der Waals surface area (Å²) in [6.07, 6.45) is 0. The highest BCUT2D eigenvalue weighted by atomic mass is 127. The van der Waals surface area contributed by atoms with E-state index in [0.717, 1.165) is 20.0 Å². The van der Waals surface area contributed by atoms with Gasteiger partial charge in [0.25, 0.3) is 0 Å². The molecule has 0 fully saturated rings. The van der Waals surface area contributed by atoms with E-state index in [4.69, 9.17) is 10.2 Å². The molecular weight excluding hydrogens is 692 g/mol. The minimum atomic E-state index is -0.238. The minimum Gasteiger partial charge on any atom is -0.396 e. The smallest absolute Gasteiger partial charge is 0.124 e. The van der Waals surface area contributed by atoms with Gasteiger partial charge in [-0.15, -0.1) is 36.2 Å². The van der Waals surface area contributed by atoms with Crippen LogP contribution in [0, 0.1) is 17.5 Å². The largest absolute Gasteiger partial charge is 0.396 e. The molecule has 0 saturated heterocycles. The molecule has 0 spiro atoms. The van der Waals surface area contributed by atoms with Gasteiger partial charge in [-0.2, -0.15) is 0 Å². The molecule has 0 heterocycles. The molecule has 3 aromatic rings. The van der Waals surface area contributed by atoms with Crippen molar-refractivity contribution in [3.63, 3.8) is 0 Å². The molecule has 10 heteroatoms. The number of aliphatic hydroxyl groups is 2. The predicted octanol–water partition coefficient (Wildman–Crippen LogP) is 8.39. The Hall–Kier alpha value is -0.370. The van der Waals surface area contributed by atoms with Gasteiger partial charge in [0.2, 0.25) is 0 Å². The summed E-state index contributed by atoms with van der Waals surface area (Å²) >= 11 is 12.4. The summed E-state index contributed by atoms with van der Waals surface area (Å²) in [6, 6.07) is 19.2. The Morgan fingerprint density at radius 3 is 1.49 bits per heavy atom. The van der Waals surface area contributed by atoms with Crippen molar-refractivity contribution in [1.29, 1.82) is 0 Å². The topological polar surface area (TPSA) is 40.5 Å². The lowest BCUT2D eigenvalue weighted by molar-refractivity contribution is 0.322. The number of thiol groups is 1. The zero-order valence-electron chi connectivity index (χ0n) is 18.2. The molecule has 0 aromatic heterocycles. The molecule has 35 heavy (non-hydrogen) atoms. The van der Waals surface area contributed by atoms with E-state index in [2.05, 4.69) is 51.1 Å². The average molecular weight is 724 g/mol. The van der Waals surface area contributed by atoms with E-state index in [-0.39, 0.29) is 38.1 Å². The molecule has 0 aliphatic heterocycles. The molecule has 3 rings (SSSR count). The van der Waals surface area contributed by atoms with Crippen LogP contribution < -0.4 is 0 Å². The highest BCUT2D eigenvalue weighted by molar-refractivity contribution is 14.1. The second kappa shape index (κ2) is 25.3. The van der Waals surface area contributed by atoms with E-state index in [0.29, 0.717) is 16.0 Å². The Kier molecular flexibility index (Phi) is 26.6. The molecule has 0 radical (unpaired) electrons. The van der Waals surface area contributed by atoms with E-state index >= 15 is 0 Å². The van der Waals surface area contributed by atoms with Crippen molar-refractivity contribution in [2.45, 2.75) is 22.1 Å². The SMILES string of the molecule is C.Fc1cccc(S)c1.Fc1cccc(SCCI)c1.OCCBr.OCCSc1cccc(F)c1. The zero-order chi connectivity index (χ0) is 25.6. The van der Waals surface area contributed by atoms with Gasteiger partial charge < -0.3 is 10.2 Å². The fourth-order valence-electron chi connectivity index (χ4n) is 1.91. The van der Waals surface area contributed by atoms with Gasteiger partial charge in [0.1, 0.15) is 17.5 Å². The normalized spacial score (nSPS) is 9.26. The number of halogens is 5. The quantitative estimate of drug-likeness (QED) is 0.0993. The second-order valence-electron chi connectivity index (χ2n) is 5.92. The summed E-state index contributed by atoms with van der Waals surface area (Å²) in [5, 5.41) is 17.0. The number of thioether (sulfide) groups is 2. The minimum absolute atomic E-state index is 0. The summed E-state index contributed by atoms with van der Waals surface area (Å²) in [5.74, 6) is 1.04. The lowest BCUT2D eigenvalue weighted by Gasteiger charge is -1.97. The first kappa shape index (κ1) is 36.8. The van der Waals surface area contributed by atoms with E-state index < -0.39 is 0 Å². The molecule has 0 unspecified atom stereocenters. The summed E-state index contributed by atoms with van der Waals surface area (Å²) in [4.78, 5) is 2.53. The van der Waals surface area contributed by atoms with Crippen LogP contribution in [0.15, 0.2) is 87.5 Å². The van der Waals surface area contributed by atoms with Crippen LogP contribution in [0.5, 0.6) is 0 Å². The van der Waals surface area contributed by atoms with Gasteiger partial charge in [0.15, 0.2) is 0 Å². The van der Waals surface area contributed by atoms with Crippen molar-refractivity contribution >= 4 is 74.7 Å². The van der Waals surface area contributed by atoms with Crippen LogP contribution in [0.1, 0.15) is 7.43 Å². The molecule has 196 valence electrons. The lowest BCUT2D eigenvalue weighted by Crippen LogP contribution is -1.85. The molecule has 2 N–H and O–H groups in total. The molecule has 0 aliphatic rings. The molecular formula is C25H31BrF3IO2S3. The molecule has 0 amide bonds. The maximum atomic E-state index is 12.6. The number of rotatable bonds is 7. The average Bonchev–Trinajstić information content (AvgIpc) is 2.82. The van der Waals surface area contributed by atoms with Crippen LogP contribution in [-0.2, 0) is 0 Å². The summed E-state index contributed by atoms with van der Waals surface area (Å²) < 4.78 is 38.3. The van der Waals surface area contributed by atoms with Gasteiger partial charge >= 0.3 is 0 Å². The molecule has 2 nitrogen and oxygen atoms in total. The maximum Gasteiger partial charge on any atom is 0.124 e. The Bertz CT molecular complexity index is 842. The molecule has 0 aliphatic carbocycles. The van der Waals surface area contributed by atoms with E-state index in [9.17, 15) is 13.2 Å². The predicted molar refractivity (Wildman–Crippen MR) is 161 cm³/mol. The van der Waals surface area contributed by atoms with Gasteiger partial charge in [0, 0.05) is 35.9 Å². The molecule has 0 saturated carbocycles. The summed E-state index contributed by atoms with van der Waals surface area (Å²) in [7, 11) is 0. The van der Waals surface area contributed by atoms with E-state index in [1.807, 2.05) is 12.1 Å². The number of hydrogen-bond donors (Lipinski definition) is 3. The fraction of sp³-hybridized carbons (Fsp3) is 0.280. The summed E-state index contributed by atoms with van der Waals surface area (Å²) in [6.45, 7) is 0.362. The Morgan fingerprint density at radius 2 is 1.17 bits per heavy atom. The highest BCUT2D eigenvalue weighted by Crippen LogP contribution is 2.19. The third-order valence-electron chi connectivity index (χ3n) is 3.19. The molecule has 3 aromatic carbocycles. The lowest BCUT2D eigenvalue weighted by atomic mass is 10.4. The van der Waals surface area contributed by atoms with Gasteiger partial charge in [-0.1, -0.05) is 64.1 Å². The van der Waals surface area contributed by atoms with Crippen LogP contribution in [0.2, 0.25) is 0 Å². The number of benzene rings is 3. The van der Waals surface area contributed by atoms with Crippen molar-refractivity contribution in [3.05, 3.63) is 90.2 Å².